The number of amides is 1. The fraction of sp³-hybridized carbons (Fsp3) is 0.190. The van der Waals surface area contributed by atoms with E-state index in [0.29, 0.717) is 23.2 Å². The zero-order valence-corrected chi connectivity index (χ0v) is 17.6. The van der Waals surface area contributed by atoms with Crippen molar-refractivity contribution >= 4 is 46.0 Å². The van der Waals surface area contributed by atoms with Gasteiger partial charge in [0.05, 0.1) is 34.4 Å². The number of fused-ring (bicyclic) bond motifs is 1. The van der Waals surface area contributed by atoms with E-state index in [1.807, 2.05) is 5.32 Å². The Labute approximate surface area is 188 Å². The van der Waals surface area contributed by atoms with E-state index in [9.17, 15) is 32.3 Å². The molecule has 8 nitrogen and oxygen atoms in total. The molecule has 172 valence electrons. The number of ketones is 1. The molecule has 0 aliphatic rings. The van der Waals surface area contributed by atoms with E-state index in [1.54, 1.807) is 24.3 Å². The van der Waals surface area contributed by atoms with Gasteiger partial charge in [0.1, 0.15) is 11.6 Å². The SMILES string of the molecule is COC(=O)[C@@H](Cc1nc2ccccc2[nH]c1=O)C(=O)C(=O)Nc1cc(C(F)(F)F)ccc1Cl. The van der Waals surface area contributed by atoms with Crippen LogP contribution in [0.1, 0.15) is 11.3 Å². The Morgan fingerprint density at radius 1 is 1.18 bits per heavy atom. The van der Waals surface area contributed by atoms with E-state index in [1.165, 1.54) is 0 Å². The number of anilines is 1. The number of nitrogens with one attached hydrogen (secondary N) is 2. The van der Waals surface area contributed by atoms with Gasteiger partial charge >= 0.3 is 12.1 Å². The number of hydrogen-bond acceptors (Lipinski definition) is 6. The number of aromatic amines is 1. The normalized spacial score (nSPS) is 12.3. The number of ether oxygens (including phenoxy) is 1. The molecule has 2 aromatic carbocycles. The number of halogens is 4. The Balaban J connectivity index is 1.89. The highest BCUT2D eigenvalue weighted by atomic mass is 35.5. The van der Waals surface area contributed by atoms with E-state index in [4.69, 9.17) is 11.6 Å². The number of carbonyl (C=O) groups is 3. The number of carbonyl (C=O) groups excluding carboxylic acids is 3. The summed E-state index contributed by atoms with van der Waals surface area (Å²) in [5, 5.41) is 1.72. The molecule has 0 unspecified atom stereocenters. The number of methoxy groups -OCH3 is 1. The first kappa shape index (κ1) is 23.9. The van der Waals surface area contributed by atoms with Crippen LogP contribution in [-0.2, 0) is 31.7 Å². The third-order valence-electron chi connectivity index (χ3n) is 4.64. The van der Waals surface area contributed by atoms with Crippen molar-refractivity contribution in [3.8, 4) is 0 Å². The number of aromatic nitrogens is 2. The average molecular weight is 482 g/mol. The van der Waals surface area contributed by atoms with Crippen LogP contribution in [0.25, 0.3) is 11.0 Å². The summed E-state index contributed by atoms with van der Waals surface area (Å²) in [6.45, 7) is 0. The van der Waals surface area contributed by atoms with Crippen molar-refractivity contribution in [2.75, 3.05) is 12.4 Å². The van der Waals surface area contributed by atoms with Gasteiger partial charge in [0.25, 0.3) is 11.5 Å². The summed E-state index contributed by atoms with van der Waals surface area (Å²) in [6, 6.07) is 8.68. The van der Waals surface area contributed by atoms with Gasteiger partial charge in [0.2, 0.25) is 5.78 Å². The van der Waals surface area contributed by atoms with Gasteiger partial charge in [-0.1, -0.05) is 23.7 Å². The first-order chi connectivity index (χ1) is 15.5. The number of benzene rings is 2. The summed E-state index contributed by atoms with van der Waals surface area (Å²) in [6.07, 6.45) is -5.29. The standard InChI is InChI=1S/C21H15ClF3N3O5/c1-33-20(32)11(9-16-18(30)27-14-5-3-2-4-13(14)26-16)17(29)19(31)28-15-8-10(21(23,24)25)6-7-12(15)22/h2-8,11H,9H2,1H3,(H,27,30)(H,28,31)/t11-/m0/s1. The Morgan fingerprint density at radius 3 is 2.55 bits per heavy atom. The van der Waals surface area contributed by atoms with Gasteiger partial charge in [0, 0.05) is 6.42 Å². The molecule has 1 amide bonds. The van der Waals surface area contributed by atoms with Crippen LogP contribution < -0.4 is 10.9 Å². The van der Waals surface area contributed by atoms with Crippen LogP contribution in [0.4, 0.5) is 18.9 Å². The van der Waals surface area contributed by atoms with Gasteiger partial charge in [0.15, 0.2) is 0 Å². The maximum absolute atomic E-state index is 12.9. The summed E-state index contributed by atoms with van der Waals surface area (Å²) in [5.41, 5.74) is -1.67. The molecular weight excluding hydrogens is 467 g/mol. The molecular formula is C21H15ClF3N3O5. The molecule has 3 rings (SSSR count). The molecule has 1 aromatic heterocycles. The number of rotatable bonds is 6. The molecule has 1 atom stereocenters. The van der Waals surface area contributed by atoms with Gasteiger partial charge < -0.3 is 15.0 Å². The highest BCUT2D eigenvalue weighted by molar-refractivity contribution is 6.45. The molecule has 12 heteroatoms. The molecule has 0 saturated carbocycles. The summed E-state index contributed by atoms with van der Waals surface area (Å²) in [5.74, 6) is -5.65. The number of para-hydroxylation sites is 2. The maximum atomic E-state index is 12.9. The fourth-order valence-electron chi connectivity index (χ4n) is 2.96. The highest BCUT2D eigenvalue weighted by Crippen LogP contribution is 2.33. The topological polar surface area (TPSA) is 118 Å². The van der Waals surface area contributed by atoms with Crippen molar-refractivity contribution in [1.82, 2.24) is 9.97 Å². The lowest BCUT2D eigenvalue weighted by molar-refractivity contribution is -0.152. The molecule has 0 fully saturated rings. The second-order valence-electron chi connectivity index (χ2n) is 6.82. The van der Waals surface area contributed by atoms with Gasteiger partial charge in [-0.25, -0.2) is 4.98 Å². The highest BCUT2D eigenvalue weighted by Gasteiger charge is 2.35. The molecule has 3 aromatic rings. The van der Waals surface area contributed by atoms with Crippen molar-refractivity contribution in [3.05, 3.63) is 69.1 Å². The third-order valence-corrected chi connectivity index (χ3v) is 4.96. The molecule has 0 saturated heterocycles. The fourth-order valence-corrected chi connectivity index (χ4v) is 3.13. The summed E-state index contributed by atoms with van der Waals surface area (Å²) < 4.78 is 43.4. The molecule has 0 spiro atoms. The minimum absolute atomic E-state index is 0.206. The predicted molar refractivity (Wildman–Crippen MR) is 112 cm³/mol. The van der Waals surface area contributed by atoms with E-state index >= 15 is 0 Å². The zero-order valence-electron chi connectivity index (χ0n) is 16.8. The zero-order chi connectivity index (χ0) is 24.3. The predicted octanol–water partition coefficient (Wildman–Crippen LogP) is 3.13. The molecule has 0 radical (unpaired) electrons. The van der Waals surface area contributed by atoms with Crippen LogP contribution in [-0.4, -0.2) is 34.7 Å². The van der Waals surface area contributed by atoms with Crippen LogP contribution in [0.15, 0.2) is 47.3 Å². The number of hydrogen-bond donors (Lipinski definition) is 2. The molecule has 1 heterocycles. The van der Waals surface area contributed by atoms with Crippen LogP contribution in [0.2, 0.25) is 5.02 Å². The minimum Gasteiger partial charge on any atom is -0.468 e. The van der Waals surface area contributed by atoms with Crippen LogP contribution in [0, 0.1) is 5.92 Å². The Bertz CT molecular complexity index is 1310. The molecule has 0 aliphatic carbocycles. The molecule has 0 aliphatic heterocycles. The first-order valence-electron chi connectivity index (χ1n) is 9.29. The van der Waals surface area contributed by atoms with E-state index in [-0.39, 0.29) is 10.7 Å². The van der Waals surface area contributed by atoms with Crippen molar-refractivity contribution in [2.24, 2.45) is 5.92 Å². The van der Waals surface area contributed by atoms with Gasteiger partial charge in [-0.2, -0.15) is 13.2 Å². The molecule has 33 heavy (non-hydrogen) atoms. The largest absolute Gasteiger partial charge is 0.468 e. The van der Waals surface area contributed by atoms with Crippen LogP contribution in [0.5, 0.6) is 0 Å². The van der Waals surface area contributed by atoms with Gasteiger partial charge in [-0.05, 0) is 30.3 Å². The Kier molecular flexibility index (Phi) is 6.82. The summed E-state index contributed by atoms with van der Waals surface area (Å²) in [4.78, 5) is 56.4. The van der Waals surface area contributed by atoms with Crippen LogP contribution in [0.3, 0.4) is 0 Å². The molecule has 0 bridgehead atoms. The lowest BCUT2D eigenvalue weighted by Gasteiger charge is -2.15. The summed E-state index contributed by atoms with van der Waals surface area (Å²) in [7, 11) is 0.974. The monoisotopic (exact) mass is 481 g/mol. The van der Waals surface area contributed by atoms with Crippen LogP contribution >= 0.6 is 11.6 Å². The number of Topliss-reactive ketones (excluding diaryl/α,β-unsaturated/α-hetero) is 1. The van der Waals surface area contributed by atoms with E-state index in [0.717, 1.165) is 13.2 Å². The van der Waals surface area contributed by atoms with Gasteiger partial charge in [-0.15, -0.1) is 0 Å². The Morgan fingerprint density at radius 2 is 1.88 bits per heavy atom. The lowest BCUT2D eigenvalue weighted by Crippen LogP contribution is -2.37. The van der Waals surface area contributed by atoms with E-state index in [2.05, 4.69) is 14.7 Å². The van der Waals surface area contributed by atoms with Crippen molar-refractivity contribution in [1.29, 1.82) is 0 Å². The van der Waals surface area contributed by atoms with E-state index < -0.39 is 53.0 Å². The quantitative estimate of drug-likeness (QED) is 0.317. The number of H-pyrrole nitrogens is 1. The number of nitrogens with zero attached hydrogens (tertiary/aromatic N) is 1. The molecule has 2 N–H and O–H groups in total. The van der Waals surface area contributed by atoms with Crippen molar-refractivity contribution < 1.29 is 32.3 Å². The Hall–Kier alpha value is -3.73. The lowest BCUT2D eigenvalue weighted by atomic mass is 9.97. The second kappa shape index (κ2) is 9.41. The van der Waals surface area contributed by atoms with Gasteiger partial charge in [-0.3, -0.25) is 19.2 Å². The van der Waals surface area contributed by atoms with Crippen molar-refractivity contribution in [2.45, 2.75) is 12.6 Å². The van der Waals surface area contributed by atoms with Crippen molar-refractivity contribution in [3.63, 3.8) is 0 Å². The second-order valence-corrected chi connectivity index (χ2v) is 7.23. The maximum Gasteiger partial charge on any atom is 0.416 e. The summed E-state index contributed by atoms with van der Waals surface area (Å²) >= 11 is 5.83. The smallest absolute Gasteiger partial charge is 0.416 e. The number of alkyl halides is 3. The third kappa shape index (κ3) is 5.37. The first-order valence-corrected chi connectivity index (χ1v) is 9.66. The minimum atomic E-state index is -4.72. The number of esters is 1. The average Bonchev–Trinajstić information content (AvgIpc) is 2.77.